The molecule has 1 amide bonds. The number of anilines is 1. The zero-order valence-corrected chi connectivity index (χ0v) is 12.9. The highest BCUT2D eigenvalue weighted by Crippen LogP contribution is 2.30. The van der Waals surface area contributed by atoms with E-state index in [1.807, 2.05) is 0 Å². The number of carbonyl (C=O) groups excluding carboxylic acids is 2. The summed E-state index contributed by atoms with van der Waals surface area (Å²) < 4.78 is 42.5. The van der Waals surface area contributed by atoms with Crippen LogP contribution in [0.1, 0.15) is 19.4 Å². The van der Waals surface area contributed by atoms with E-state index in [1.54, 1.807) is 13.8 Å². The van der Waals surface area contributed by atoms with Crippen LogP contribution in [0.3, 0.4) is 0 Å². The van der Waals surface area contributed by atoms with Crippen LogP contribution < -0.4 is 5.32 Å². The smallest absolute Gasteiger partial charge is 0.416 e. The van der Waals surface area contributed by atoms with Gasteiger partial charge in [0.05, 0.1) is 23.2 Å². The zero-order chi connectivity index (χ0) is 16.8. The third kappa shape index (κ3) is 5.97. The maximum Gasteiger partial charge on any atom is 0.416 e. The molecule has 1 rings (SSSR count). The van der Waals surface area contributed by atoms with Gasteiger partial charge in [-0.05, 0) is 32.0 Å². The third-order valence-corrected chi connectivity index (χ3v) is 3.70. The van der Waals surface area contributed by atoms with Gasteiger partial charge >= 0.3 is 12.1 Å². The van der Waals surface area contributed by atoms with Gasteiger partial charge < -0.3 is 10.1 Å². The van der Waals surface area contributed by atoms with Crippen molar-refractivity contribution in [3.05, 3.63) is 29.8 Å². The maximum absolute atomic E-state index is 12.6. The fourth-order valence-corrected chi connectivity index (χ4v) is 2.17. The van der Waals surface area contributed by atoms with Crippen LogP contribution >= 0.6 is 11.8 Å². The number of ether oxygens (including phenoxy) is 1. The largest absolute Gasteiger partial charge is 0.465 e. The van der Waals surface area contributed by atoms with E-state index in [9.17, 15) is 22.8 Å². The van der Waals surface area contributed by atoms with Gasteiger partial charge in [-0.1, -0.05) is 6.07 Å². The van der Waals surface area contributed by atoms with Crippen LogP contribution in [0.2, 0.25) is 0 Å². The molecule has 0 heterocycles. The van der Waals surface area contributed by atoms with E-state index in [0.29, 0.717) is 0 Å². The van der Waals surface area contributed by atoms with E-state index in [1.165, 1.54) is 12.1 Å². The lowest BCUT2D eigenvalue weighted by atomic mass is 10.2. The van der Waals surface area contributed by atoms with Gasteiger partial charge in [0.1, 0.15) is 0 Å². The van der Waals surface area contributed by atoms with Crippen molar-refractivity contribution in [1.82, 2.24) is 0 Å². The predicted octanol–water partition coefficient (Wildman–Crippen LogP) is 3.33. The van der Waals surface area contributed by atoms with E-state index in [0.717, 1.165) is 23.9 Å². The Hall–Kier alpha value is -1.70. The van der Waals surface area contributed by atoms with Crippen molar-refractivity contribution >= 4 is 29.3 Å². The highest BCUT2D eigenvalue weighted by molar-refractivity contribution is 8.01. The van der Waals surface area contributed by atoms with Crippen molar-refractivity contribution in [1.29, 1.82) is 0 Å². The van der Waals surface area contributed by atoms with Crippen LogP contribution in [0.25, 0.3) is 0 Å². The quantitative estimate of drug-likeness (QED) is 0.810. The molecule has 1 aromatic rings. The first kappa shape index (κ1) is 18.3. The first-order chi connectivity index (χ1) is 10.2. The van der Waals surface area contributed by atoms with Gasteiger partial charge in [0.25, 0.3) is 0 Å². The van der Waals surface area contributed by atoms with Crippen molar-refractivity contribution in [2.75, 3.05) is 17.7 Å². The summed E-state index contributed by atoms with van der Waals surface area (Å²) >= 11 is 1.05. The monoisotopic (exact) mass is 335 g/mol. The number of benzene rings is 1. The lowest BCUT2D eigenvalue weighted by Gasteiger charge is -2.13. The minimum Gasteiger partial charge on any atom is -0.465 e. The average Bonchev–Trinajstić information content (AvgIpc) is 2.44. The molecule has 0 saturated heterocycles. The summed E-state index contributed by atoms with van der Waals surface area (Å²) in [6, 6.07) is 4.37. The van der Waals surface area contributed by atoms with Crippen molar-refractivity contribution < 1.29 is 27.5 Å². The number of nitrogens with one attached hydrogen (secondary N) is 1. The number of halogens is 3. The highest BCUT2D eigenvalue weighted by atomic mass is 32.2. The second kappa shape index (κ2) is 8.07. The molecule has 0 aliphatic heterocycles. The number of esters is 1. The van der Waals surface area contributed by atoms with E-state index in [4.69, 9.17) is 4.74 Å². The Balaban J connectivity index is 2.59. The predicted molar refractivity (Wildman–Crippen MR) is 78.6 cm³/mol. The number of rotatable bonds is 6. The van der Waals surface area contributed by atoms with Crippen LogP contribution in [0.15, 0.2) is 24.3 Å². The van der Waals surface area contributed by atoms with Crippen LogP contribution in [-0.4, -0.2) is 29.5 Å². The first-order valence-electron chi connectivity index (χ1n) is 6.49. The summed E-state index contributed by atoms with van der Waals surface area (Å²) in [5.74, 6) is -0.912. The van der Waals surface area contributed by atoms with Crippen LogP contribution in [-0.2, 0) is 20.5 Å². The van der Waals surface area contributed by atoms with Crippen molar-refractivity contribution in [2.24, 2.45) is 0 Å². The number of amides is 1. The minimum atomic E-state index is -4.47. The molecule has 1 atom stereocenters. The molecule has 1 unspecified atom stereocenters. The average molecular weight is 335 g/mol. The molecule has 0 radical (unpaired) electrons. The number of hydrogen-bond acceptors (Lipinski definition) is 4. The number of thioether (sulfide) groups is 1. The molecule has 0 saturated carbocycles. The molecule has 0 aromatic heterocycles. The van der Waals surface area contributed by atoms with Gasteiger partial charge in [-0.15, -0.1) is 11.8 Å². The SMILES string of the molecule is CCOC(=O)CSC(C)C(=O)Nc1cccc(C(F)(F)F)c1. The fraction of sp³-hybridized carbons (Fsp3) is 0.429. The van der Waals surface area contributed by atoms with Crippen molar-refractivity contribution in [3.63, 3.8) is 0 Å². The Morgan fingerprint density at radius 2 is 2.05 bits per heavy atom. The van der Waals surface area contributed by atoms with Gasteiger partial charge in [0.2, 0.25) is 5.91 Å². The Labute approximate surface area is 130 Å². The molecular weight excluding hydrogens is 319 g/mol. The minimum absolute atomic E-state index is 0.00498. The normalized spacial score (nSPS) is 12.6. The topological polar surface area (TPSA) is 55.4 Å². The Kier molecular flexibility index (Phi) is 6.73. The molecule has 0 fully saturated rings. The highest BCUT2D eigenvalue weighted by Gasteiger charge is 2.30. The summed E-state index contributed by atoms with van der Waals surface area (Å²) in [6.07, 6.45) is -4.47. The standard InChI is InChI=1S/C14H16F3NO3S/c1-3-21-12(19)8-22-9(2)13(20)18-11-6-4-5-10(7-11)14(15,16)17/h4-7,9H,3,8H2,1-2H3,(H,18,20). The summed E-state index contributed by atoms with van der Waals surface area (Å²) in [4.78, 5) is 23.1. The fourth-order valence-electron chi connectivity index (χ4n) is 1.49. The Bertz CT molecular complexity index is 534. The third-order valence-electron chi connectivity index (χ3n) is 2.58. The van der Waals surface area contributed by atoms with Crippen molar-refractivity contribution in [3.8, 4) is 0 Å². The summed E-state index contributed by atoms with van der Waals surface area (Å²) in [5, 5.41) is 1.80. The second-order valence-corrected chi connectivity index (χ2v) is 5.66. The summed E-state index contributed by atoms with van der Waals surface area (Å²) in [6.45, 7) is 3.49. The van der Waals surface area contributed by atoms with Crippen LogP contribution in [0.4, 0.5) is 18.9 Å². The Morgan fingerprint density at radius 3 is 2.64 bits per heavy atom. The van der Waals surface area contributed by atoms with Gasteiger partial charge in [-0.3, -0.25) is 9.59 Å². The molecule has 1 aromatic carbocycles. The van der Waals surface area contributed by atoms with Gasteiger partial charge in [0.15, 0.2) is 0 Å². The van der Waals surface area contributed by atoms with E-state index >= 15 is 0 Å². The number of alkyl halides is 3. The summed E-state index contributed by atoms with van der Waals surface area (Å²) in [7, 11) is 0. The molecule has 0 aliphatic rings. The van der Waals surface area contributed by atoms with Crippen molar-refractivity contribution in [2.45, 2.75) is 25.3 Å². The lowest BCUT2D eigenvalue weighted by molar-refractivity contribution is -0.140. The Morgan fingerprint density at radius 1 is 1.36 bits per heavy atom. The summed E-state index contributed by atoms with van der Waals surface area (Å²) in [5.41, 5.74) is -0.777. The number of carbonyl (C=O) groups is 2. The molecule has 8 heteroatoms. The van der Waals surface area contributed by atoms with E-state index < -0.39 is 28.9 Å². The molecular formula is C14H16F3NO3S. The maximum atomic E-state index is 12.6. The van der Waals surface area contributed by atoms with Gasteiger partial charge in [-0.25, -0.2) is 0 Å². The zero-order valence-electron chi connectivity index (χ0n) is 12.1. The molecule has 0 spiro atoms. The van der Waals surface area contributed by atoms with Crippen LogP contribution in [0.5, 0.6) is 0 Å². The molecule has 0 bridgehead atoms. The molecule has 122 valence electrons. The van der Waals surface area contributed by atoms with Gasteiger partial charge in [-0.2, -0.15) is 13.2 Å². The lowest BCUT2D eigenvalue weighted by Crippen LogP contribution is -2.24. The molecule has 0 aliphatic carbocycles. The van der Waals surface area contributed by atoms with E-state index in [2.05, 4.69) is 5.32 Å². The van der Waals surface area contributed by atoms with Gasteiger partial charge in [0, 0.05) is 5.69 Å². The second-order valence-electron chi connectivity index (χ2n) is 4.33. The molecule has 1 N–H and O–H groups in total. The van der Waals surface area contributed by atoms with Crippen LogP contribution in [0, 0.1) is 0 Å². The molecule has 22 heavy (non-hydrogen) atoms. The number of hydrogen-bond donors (Lipinski definition) is 1. The van der Waals surface area contributed by atoms with E-state index in [-0.39, 0.29) is 18.0 Å². The first-order valence-corrected chi connectivity index (χ1v) is 7.54. The molecule has 4 nitrogen and oxygen atoms in total.